The van der Waals surface area contributed by atoms with Gasteiger partial charge in [0.25, 0.3) is 0 Å². The summed E-state index contributed by atoms with van der Waals surface area (Å²) in [5.74, 6) is 1.45. The van der Waals surface area contributed by atoms with E-state index in [2.05, 4.69) is 76.0 Å². The minimum atomic E-state index is -0.345. The zero-order chi connectivity index (χ0) is 22.0. The van der Waals surface area contributed by atoms with Gasteiger partial charge in [0.1, 0.15) is 6.33 Å². The third kappa shape index (κ3) is 6.52. The van der Waals surface area contributed by atoms with Crippen LogP contribution < -0.4 is 15.5 Å². The Morgan fingerprint density at radius 3 is 2.10 bits per heavy atom. The fraction of sp³-hybridized carbons (Fsp3) is 0.810. The number of piperidine rings is 1. The smallest absolute Gasteiger partial charge is 0.353 e. The fourth-order valence-corrected chi connectivity index (χ4v) is 4.62. The van der Waals surface area contributed by atoms with E-state index in [0.717, 1.165) is 12.8 Å². The van der Waals surface area contributed by atoms with Crippen LogP contribution in [0.4, 0.5) is 17.3 Å². The average molecular weight is 407 g/mol. The molecule has 0 atom stereocenters. The molecule has 0 unspecified atom stereocenters. The van der Waals surface area contributed by atoms with E-state index in [4.69, 9.17) is 0 Å². The third-order valence-electron chi connectivity index (χ3n) is 4.99. The Morgan fingerprint density at radius 1 is 1.14 bits per heavy atom. The number of nitro groups is 1. The maximum atomic E-state index is 12.1. The van der Waals surface area contributed by atoms with Crippen LogP contribution in [-0.4, -0.2) is 45.1 Å². The first-order valence-electron chi connectivity index (χ1n) is 10.6. The van der Waals surface area contributed by atoms with Gasteiger partial charge >= 0.3 is 5.69 Å². The van der Waals surface area contributed by atoms with Crippen molar-refractivity contribution in [3.05, 3.63) is 16.4 Å². The summed E-state index contributed by atoms with van der Waals surface area (Å²) in [6, 6.07) is 0.0892. The third-order valence-corrected chi connectivity index (χ3v) is 4.99. The van der Waals surface area contributed by atoms with Gasteiger partial charge < -0.3 is 15.5 Å². The molecule has 164 valence electrons. The van der Waals surface area contributed by atoms with E-state index in [-0.39, 0.29) is 27.7 Å². The predicted octanol–water partition coefficient (Wildman–Crippen LogP) is 4.22. The topological polar surface area (TPSA) is 96.2 Å². The minimum absolute atomic E-state index is 0.0251. The number of anilines is 2. The molecule has 0 amide bonds. The van der Waals surface area contributed by atoms with Gasteiger partial charge in [0.05, 0.1) is 4.92 Å². The molecule has 8 heteroatoms. The maximum absolute atomic E-state index is 12.1. The number of aromatic nitrogens is 2. The Balaban J connectivity index is 2.40. The Hall–Kier alpha value is -1.96. The van der Waals surface area contributed by atoms with Gasteiger partial charge in [-0.1, -0.05) is 27.7 Å². The summed E-state index contributed by atoms with van der Waals surface area (Å²) >= 11 is 0. The zero-order valence-corrected chi connectivity index (χ0v) is 19.2. The molecule has 0 radical (unpaired) electrons. The molecule has 1 aliphatic rings. The average Bonchev–Trinajstić information content (AvgIpc) is 2.49. The second-order valence-corrected chi connectivity index (χ2v) is 10.5. The lowest BCUT2D eigenvalue weighted by molar-refractivity contribution is -0.383. The first-order chi connectivity index (χ1) is 13.3. The van der Waals surface area contributed by atoms with Gasteiger partial charge in [-0.25, -0.2) is 9.97 Å². The maximum Gasteiger partial charge on any atom is 0.353 e. The number of hydrogen-bond acceptors (Lipinski definition) is 7. The highest BCUT2D eigenvalue weighted by Gasteiger charge is 2.39. The standard InChI is InChI=1S/C21H38N6O2/c1-14(2)11-26(12-15(3)4)19-17(27(28)29)18(22-13-23-19)24-16-9-20(5,6)25-21(7,8)10-16/h13-16,25H,9-12H2,1-8H3,(H,22,23,24). The molecular weight excluding hydrogens is 368 g/mol. The number of nitrogens with zero attached hydrogens (tertiary/aromatic N) is 4. The van der Waals surface area contributed by atoms with Gasteiger partial charge in [-0.15, -0.1) is 0 Å². The van der Waals surface area contributed by atoms with Crippen molar-refractivity contribution < 1.29 is 4.92 Å². The summed E-state index contributed by atoms with van der Waals surface area (Å²) in [6.07, 6.45) is 3.15. The normalized spacial score (nSPS) is 18.8. The lowest BCUT2D eigenvalue weighted by Gasteiger charge is -2.46. The van der Waals surface area contributed by atoms with Crippen LogP contribution in [0.5, 0.6) is 0 Å². The van der Waals surface area contributed by atoms with Crippen molar-refractivity contribution in [2.45, 2.75) is 85.4 Å². The summed E-state index contributed by atoms with van der Waals surface area (Å²) in [4.78, 5) is 22.4. The monoisotopic (exact) mass is 406 g/mol. The molecule has 0 aliphatic carbocycles. The SMILES string of the molecule is CC(C)CN(CC(C)C)c1ncnc(NC2CC(C)(C)NC(C)(C)C2)c1[N+](=O)[O-]. The van der Waals surface area contributed by atoms with Crippen LogP contribution in [-0.2, 0) is 0 Å². The van der Waals surface area contributed by atoms with Crippen LogP contribution in [0, 0.1) is 22.0 Å². The van der Waals surface area contributed by atoms with E-state index in [0.29, 0.717) is 36.6 Å². The zero-order valence-electron chi connectivity index (χ0n) is 19.2. The molecule has 2 rings (SSSR count). The van der Waals surface area contributed by atoms with E-state index in [1.165, 1.54) is 6.33 Å². The lowest BCUT2D eigenvalue weighted by atomic mass is 9.79. The van der Waals surface area contributed by atoms with Crippen molar-refractivity contribution in [1.29, 1.82) is 0 Å². The van der Waals surface area contributed by atoms with Crippen LogP contribution in [0.3, 0.4) is 0 Å². The van der Waals surface area contributed by atoms with E-state index in [1.54, 1.807) is 0 Å². The fourth-order valence-electron chi connectivity index (χ4n) is 4.62. The Labute approximate surface area is 175 Å². The van der Waals surface area contributed by atoms with E-state index in [9.17, 15) is 10.1 Å². The summed E-state index contributed by atoms with van der Waals surface area (Å²) in [5, 5.41) is 19.1. The van der Waals surface area contributed by atoms with Gasteiger partial charge in [-0.2, -0.15) is 0 Å². The molecular formula is C21H38N6O2. The number of nitrogens with one attached hydrogen (secondary N) is 2. The first-order valence-corrected chi connectivity index (χ1v) is 10.6. The Bertz CT molecular complexity index is 691. The van der Waals surface area contributed by atoms with E-state index >= 15 is 0 Å². The van der Waals surface area contributed by atoms with Gasteiger partial charge in [0.2, 0.25) is 11.6 Å². The van der Waals surface area contributed by atoms with Gasteiger partial charge in [0.15, 0.2) is 0 Å². The number of hydrogen-bond donors (Lipinski definition) is 2. The summed E-state index contributed by atoms with van der Waals surface area (Å²) in [7, 11) is 0. The van der Waals surface area contributed by atoms with Gasteiger partial charge in [-0.3, -0.25) is 10.1 Å². The van der Waals surface area contributed by atoms with Gasteiger partial charge in [0, 0.05) is 30.2 Å². The van der Waals surface area contributed by atoms with Crippen molar-refractivity contribution in [3.8, 4) is 0 Å². The molecule has 2 heterocycles. The molecule has 0 bridgehead atoms. The summed E-state index contributed by atoms with van der Waals surface area (Å²) in [5.41, 5.74) is -0.153. The van der Waals surface area contributed by atoms with Crippen molar-refractivity contribution in [2.75, 3.05) is 23.3 Å². The highest BCUT2D eigenvalue weighted by atomic mass is 16.6. The van der Waals surface area contributed by atoms with Crippen LogP contribution >= 0.6 is 0 Å². The summed E-state index contributed by atoms with van der Waals surface area (Å²) < 4.78 is 0. The molecule has 1 saturated heterocycles. The van der Waals surface area contributed by atoms with Crippen molar-refractivity contribution in [3.63, 3.8) is 0 Å². The van der Waals surface area contributed by atoms with Crippen LogP contribution in [0.2, 0.25) is 0 Å². The lowest BCUT2D eigenvalue weighted by Crippen LogP contribution is -2.60. The molecule has 0 spiro atoms. The molecule has 0 saturated carbocycles. The molecule has 8 nitrogen and oxygen atoms in total. The van der Waals surface area contributed by atoms with Crippen LogP contribution in [0.15, 0.2) is 6.33 Å². The largest absolute Gasteiger partial charge is 0.361 e. The summed E-state index contributed by atoms with van der Waals surface area (Å²) in [6.45, 7) is 18.5. The van der Waals surface area contributed by atoms with Gasteiger partial charge in [-0.05, 0) is 52.4 Å². The molecule has 1 aromatic rings. The van der Waals surface area contributed by atoms with Crippen molar-refractivity contribution in [1.82, 2.24) is 15.3 Å². The highest BCUT2D eigenvalue weighted by Crippen LogP contribution is 2.36. The molecule has 1 fully saturated rings. The first kappa shape index (κ1) is 23.3. The molecule has 1 aromatic heterocycles. The quantitative estimate of drug-likeness (QED) is 0.493. The van der Waals surface area contributed by atoms with Crippen molar-refractivity contribution >= 4 is 17.3 Å². The van der Waals surface area contributed by atoms with E-state index < -0.39 is 0 Å². The highest BCUT2D eigenvalue weighted by molar-refractivity contribution is 5.70. The van der Waals surface area contributed by atoms with Crippen LogP contribution in [0.1, 0.15) is 68.2 Å². The minimum Gasteiger partial charge on any atom is -0.361 e. The van der Waals surface area contributed by atoms with Crippen LogP contribution in [0.25, 0.3) is 0 Å². The predicted molar refractivity (Wildman–Crippen MR) is 119 cm³/mol. The Kier molecular flexibility index (Phi) is 7.09. The second kappa shape index (κ2) is 8.81. The molecule has 0 aromatic carbocycles. The Morgan fingerprint density at radius 2 is 1.66 bits per heavy atom. The van der Waals surface area contributed by atoms with E-state index in [1.807, 2.05) is 4.90 Å². The molecule has 29 heavy (non-hydrogen) atoms. The number of rotatable bonds is 8. The second-order valence-electron chi connectivity index (χ2n) is 10.5. The van der Waals surface area contributed by atoms with Crippen molar-refractivity contribution in [2.24, 2.45) is 11.8 Å². The molecule has 2 N–H and O–H groups in total. The molecule has 1 aliphatic heterocycles.